The molecular weight excluding hydrogens is 202 g/mol. The molecule has 0 heterocycles. The van der Waals surface area contributed by atoms with Crippen molar-refractivity contribution < 1.29 is 4.79 Å². The number of rotatable bonds is 5. The van der Waals surface area contributed by atoms with Crippen molar-refractivity contribution in [1.82, 2.24) is 0 Å². The van der Waals surface area contributed by atoms with Crippen molar-refractivity contribution in [1.29, 1.82) is 0 Å². The van der Waals surface area contributed by atoms with E-state index in [1.54, 1.807) is 6.92 Å². The average molecular weight is 221 g/mol. The van der Waals surface area contributed by atoms with Gasteiger partial charge in [-0.3, -0.25) is 4.79 Å². The van der Waals surface area contributed by atoms with Crippen LogP contribution in [-0.4, -0.2) is 12.3 Å². The maximum absolute atomic E-state index is 11.4. The second kappa shape index (κ2) is 5.71. The van der Waals surface area contributed by atoms with Gasteiger partial charge in [0.2, 0.25) is 0 Å². The molecule has 0 aromatic carbocycles. The quantitative estimate of drug-likeness (QED) is 0.304. The van der Waals surface area contributed by atoms with Gasteiger partial charge in [-0.15, -0.1) is 6.58 Å². The van der Waals surface area contributed by atoms with Gasteiger partial charge in [0.1, 0.15) is 5.78 Å². The van der Waals surface area contributed by atoms with Crippen LogP contribution in [0.5, 0.6) is 0 Å². The molecule has 0 bridgehead atoms. The molecule has 4 atom stereocenters. The van der Waals surface area contributed by atoms with Crippen LogP contribution in [0.2, 0.25) is 0 Å². The number of nitrogens with zero attached hydrogens (tertiary/aromatic N) is 3. The van der Waals surface area contributed by atoms with E-state index in [0.29, 0.717) is 24.3 Å². The number of hydrogen-bond acceptors (Lipinski definition) is 2. The number of carbonyl (C=O) groups excluding carboxylic acids is 1. The molecule has 4 nitrogen and oxygen atoms in total. The summed E-state index contributed by atoms with van der Waals surface area (Å²) < 4.78 is 0. The van der Waals surface area contributed by atoms with Gasteiger partial charge in [-0.1, -0.05) is 18.1 Å². The Balaban J connectivity index is 2.67. The summed E-state index contributed by atoms with van der Waals surface area (Å²) in [4.78, 5) is 14.2. The third-order valence-electron chi connectivity index (χ3n) is 3.70. The van der Waals surface area contributed by atoms with E-state index in [0.717, 1.165) is 12.8 Å². The minimum Gasteiger partial charge on any atom is -0.300 e. The maximum atomic E-state index is 11.4. The molecule has 0 saturated heterocycles. The Labute approximate surface area is 96.4 Å². The Hall–Kier alpha value is -1.28. The van der Waals surface area contributed by atoms with Gasteiger partial charge in [-0.2, -0.15) is 0 Å². The van der Waals surface area contributed by atoms with Gasteiger partial charge in [-0.05, 0) is 43.1 Å². The van der Waals surface area contributed by atoms with Gasteiger partial charge in [0.25, 0.3) is 0 Å². The third-order valence-corrected chi connectivity index (χ3v) is 3.70. The summed E-state index contributed by atoms with van der Waals surface area (Å²) in [6, 6.07) is 0. The molecule has 0 spiro atoms. The average Bonchev–Trinajstić information content (AvgIpc) is 2.69. The molecule has 0 aromatic rings. The lowest BCUT2D eigenvalue weighted by Gasteiger charge is -2.21. The summed E-state index contributed by atoms with van der Waals surface area (Å²) in [6.07, 6.45) is 3.76. The highest BCUT2D eigenvalue weighted by Crippen LogP contribution is 2.41. The smallest absolute Gasteiger partial charge is 0.132 e. The van der Waals surface area contributed by atoms with E-state index in [1.807, 2.05) is 6.08 Å². The van der Waals surface area contributed by atoms with Crippen LogP contribution in [0.4, 0.5) is 0 Å². The van der Waals surface area contributed by atoms with Crippen LogP contribution in [0, 0.1) is 23.7 Å². The molecule has 1 rings (SSSR count). The zero-order valence-corrected chi connectivity index (χ0v) is 9.97. The van der Waals surface area contributed by atoms with Crippen molar-refractivity contribution in [2.75, 3.05) is 6.54 Å². The molecule has 16 heavy (non-hydrogen) atoms. The number of azide groups is 1. The Morgan fingerprint density at radius 3 is 2.88 bits per heavy atom. The second-order valence-corrected chi connectivity index (χ2v) is 4.73. The lowest BCUT2D eigenvalue weighted by molar-refractivity contribution is -0.120. The van der Waals surface area contributed by atoms with E-state index in [-0.39, 0.29) is 11.7 Å². The summed E-state index contributed by atoms with van der Waals surface area (Å²) in [5, 5.41) is 3.62. The fourth-order valence-corrected chi connectivity index (χ4v) is 2.66. The monoisotopic (exact) mass is 221 g/mol. The number of allylic oxidation sites excluding steroid dienone is 1. The molecule has 0 N–H and O–H groups in total. The van der Waals surface area contributed by atoms with Crippen LogP contribution in [0.3, 0.4) is 0 Å². The first kappa shape index (κ1) is 12.8. The molecule has 1 aliphatic rings. The van der Waals surface area contributed by atoms with Gasteiger partial charge in [-0.25, -0.2) is 0 Å². The van der Waals surface area contributed by atoms with Crippen molar-refractivity contribution in [2.45, 2.75) is 26.7 Å². The summed E-state index contributed by atoms with van der Waals surface area (Å²) in [7, 11) is 0. The van der Waals surface area contributed by atoms with Crippen molar-refractivity contribution in [3.63, 3.8) is 0 Å². The zero-order chi connectivity index (χ0) is 12.1. The second-order valence-electron chi connectivity index (χ2n) is 4.73. The molecule has 0 aliphatic heterocycles. The molecule has 88 valence electrons. The standard InChI is InChI=1S/C12H19N3O/c1-4-10-5-11(9(3)16)6-12(10)8(2)7-14-15-13/h4,8,10-12H,1,5-7H2,2-3H3/t8?,10-,11+,12+/m1/s1. The summed E-state index contributed by atoms with van der Waals surface area (Å²) >= 11 is 0. The fourth-order valence-electron chi connectivity index (χ4n) is 2.66. The van der Waals surface area contributed by atoms with Gasteiger partial charge in [0.15, 0.2) is 0 Å². The number of ketones is 1. The molecule has 1 fully saturated rings. The Bertz CT molecular complexity index is 320. The van der Waals surface area contributed by atoms with Crippen LogP contribution in [0.25, 0.3) is 10.4 Å². The maximum Gasteiger partial charge on any atom is 0.132 e. The normalized spacial score (nSPS) is 30.5. The highest BCUT2D eigenvalue weighted by atomic mass is 16.1. The number of Topliss-reactive ketones (excluding diaryl/α,β-unsaturated/α-hetero) is 1. The van der Waals surface area contributed by atoms with Crippen LogP contribution >= 0.6 is 0 Å². The Kier molecular flexibility index (Phi) is 4.56. The molecule has 1 unspecified atom stereocenters. The van der Waals surface area contributed by atoms with Gasteiger partial charge in [0, 0.05) is 17.4 Å². The molecule has 0 radical (unpaired) electrons. The molecular formula is C12H19N3O. The van der Waals surface area contributed by atoms with Crippen LogP contribution in [-0.2, 0) is 4.79 Å². The van der Waals surface area contributed by atoms with Crippen molar-refractivity contribution in [2.24, 2.45) is 28.8 Å². The highest BCUT2D eigenvalue weighted by molar-refractivity contribution is 5.78. The fraction of sp³-hybridized carbons (Fsp3) is 0.750. The van der Waals surface area contributed by atoms with Crippen molar-refractivity contribution in [3.05, 3.63) is 23.1 Å². The first-order valence-electron chi connectivity index (χ1n) is 5.74. The van der Waals surface area contributed by atoms with E-state index in [4.69, 9.17) is 5.53 Å². The zero-order valence-electron chi connectivity index (χ0n) is 9.97. The van der Waals surface area contributed by atoms with E-state index in [9.17, 15) is 4.79 Å². The predicted molar refractivity (Wildman–Crippen MR) is 63.8 cm³/mol. The third kappa shape index (κ3) is 2.86. The summed E-state index contributed by atoms with van der Waals surface area (Å²) in [5.74, 6) is 1.57. The Morgan fingerprint density at radius 2 is 2.38 bits per heavy atom. The SMILES string of the molecule is C=C[C@@H]1C[C@H](C(C)=O)C[C@H]1C(C)CN=[N+]=[N-]. The molecule has 4 heteroatoms. The van der Waals surface area contributed by atoms with E-state index in [2.05, 4.69) is 23.5 Å². The minimum atomic E-state index is 0.168. The number of carbonyl (C=O) groups is 1. The van der Waals surface area contributed by atoms with Gasteiger partial charge >= 0.3 is 0 Å². The molecule has 0 amide bonds. The van der Waals surface area contributed by atoms with Crippen LogP contribution in [0.1, 0.15) is 26.7 Å². The van der Waals surface area contributed by atoms with Crippen LogP contribution < -0.4 is 0 Å². The van der Waals surface area contributed by atoms with Crippen LogP contribution in [0.15, 0.2) is 17.8 Å². The predicted octanol–water partition coefficient (Wildman–Crippen LogP) is 3.35. The molecule has 1 saturated carbocycles. The summed E-state index contributed by atoms with van der Waals surface area (Å²) in [6.45, 7) is 8.08. The Morgan fingerprint density at radius 1 is 1.69 bits per heavy atom. The lowest BCUT2D eigenvalue weighted by Crippen LogP contribution is -2.17. The molecule has 1 aliphatic carbocycles. The number of hydrogen-bond donors (Lipinski definition) is 0. The minimum absolute atomic E-state index is 0.168. The van der Waals surface area contributed by atoms with E-state index in [1.165, 1.54) is 0 Å². The van der Waals surface area contributed by atoms with Crippen molar-refractivity contribution >= 4 is 5.78 Å². The summed E-state index contributed by atoms with van der Waals surface area (Å²) in [5.41, 5.74) is 8.31. The first-order valence-corrected chi connectivity index (χ1v) is 5.74. The van der Waals surface area contributed by atoms with Crippen molar-refractivity contribution in [3.8, 4) is 0 Å². The van der Waals surface area contributed by atoms with E-state index >= 15 is 0 Å². The van der Waals surface area contributed by atoms with Gasteiger partial charge < -0.3 is 0 Å². The highest BCUT2D eigenvalue weighted by Gasteiger charge is 2.37. The van der Waals surface area contributed by atoms with Gasteiger partial charge in [0.05, 0.1) is 0 Å². The largest absolute Gasteiger partial charge is 0.300 e. The lowest BCUT2D eigenvalue weighted by atomic mass is 9.85. The topological polar surface area (TPSA) is 65.8 Å². The van der Waals surface area contributed by atoms with E-state index < -0.39 is 0 Å². The first-order chi connectivity index (χ1) is 7.60. The molecule has 0 aromatic heterocycles.